The summed E-state index contributed by atoms with van der Waals surface area (Å²) in [6.07, 6.45) is -2.43. The largest absolute Gasteiger partial charge is 0.381 e. The van der Waals surface area contributed by atoms with E-state index in [1.165, 1.54) is 12.1 Å². The normalized spacial score (nSPS) is 10.8. The van der Waals surface area contributed by atoms with Crippen molar-refractivity contribution in [2.45, 2.75) is 19.6 Å². The van der Waals surface area contributed by atoms with Crippen LogP contribution in [0.4, 0.5) is 14.5 Å². The van der Waals surface area contributed by atoms with E-state index in [0.717, 1.165) is 16.8 Å². The van der Waals surface area contributed by atoms with Crippen LogP contribution in [0.3, 0.4) is 0 Å². The lowest BCUT2D eigenvalue weighted by atomic mass is 10.1. The van der Waals surface area contributed by atoms with Crippen LogP contribution in [0.2, 0.25) is 0 Å². The second kappa shape index (κ2) is 7.01. The van der Waals surface area contributed by atoms with Crippen LogP contribution in [-0.4, -0.2) is 7.11 Å². The van der Waals surface area contributed by atoms with Crippen molar-refractivity contribution in [2.24, 2.45) is 0 Å². The van der Waals surface area contributed by atoms with Crippen LogP contribution in [0.5, 0.6) is 0 Å². The summed E-state index contributed by atoms with van der Waals surface area (Å²) < 4.78 is 30.4. The number of benzene rings is 2. The molecule has 0 spiro atoms. The van der Waals surface area contributed by atoms with E-state index in [0.29, 0.717) is 13.2 Å². The van der Waals surface area contributed by atoms with Gasteiger partial charge in [0, 0.05) is 30.5 Å². The predicted molar refractivity (Wildman–Crippen MR) is 75.9 cm³/mol. The number of hydrogen-bond donors (Lipinski definition) is 1. The third-order valence-electron chi connectivity index (χ3n) is 3.00. The Morgan fingerprint density at radius 3 is 2.65 bits per heavy atom. The maximum Gasteiger partial charge on any atom is 0.263 e. The van der Waals surface area contributed by atoms with Crippen LogP contribution in [0.15, 0.2) is 48.5 Å². The Hall–Kier alpha value is -1.94. The second-order valence-corrected chi connectivity index (χ2v) is 4.49. The molecular weight excluding hydrogens is 260 g/mol. The highest BCUT2D eigenvalue weighted by Crippen LogP contribution is 2.21. The molecule has 2 nitrogen and oxygen atoms in total. The minimum Gasteiger partial charge on any atom is -0.381 e. The van der Waals surface area contributed by atoms with Gasteiger partial charge in [-0.1, -0.05) is 36.4 Å². The van der Waals surface area contributed by atoms with Gasteiger partial charge in [-0.05, 0) is 17.7 Å². The van der Waals surface area contributed by atoms with Gasteiger partial charge in [0.25, 0.3) is 6.43 Å². The molecule has 1 N–H and O–H groups in total. The van der Waals surface area contributed by atoms with Crippen LogP contribution in [0.25, 0.3) is 0 Å². The van der Waals surface area contributed by atoms with E-state index in [4.69, 9.17) is 4.74 Å². The maximum absolute atomic E-state index is 12.6. The highest BCUT2D eigenvalue weighted by molar-refractivity contribution is 5.51. The average Bonchev–Trinajstić information content (AvgIpc) is 2.47. The van der Waals surface area contributed by atoms with E-state index in [9.17, 15) is 8.78 Å². The molecule has 20 heavy (non-hydrogen) atoms. The van der Waals surface area contributed by atoms with Crippen LogP contribution in [0.1, 0.15) is 23.1 Å². The van der Waals surface area contributed by atoms with Crippen LogP contribution < -0.4 is 5.32 Å². The van der Waals surface area contributed by atoms with Crippen molar-refractivity contribution in [3.63, 3.8) is 0 Å². The Bertz CT molecular complexity index is 558. The molecule has 2 aromatic rings. The monoisotopic (exact) mass is 277 g/mol. The third-order valence-corrected chi connectivity index (χ3v) is 3.00. The van der Waals surface area contributed by atoms with Gasteiger partial charge >= 0.3 is 0 Å². The van der Waals surface area contributed by atoms with Crippen molar-refractivity contribution in [3.8, 4) is 0 Å². The highest BCUT2D eigenvalue weighted by Gasteiger charge is 2.07. The van der Waals surface area contributed by atoms with E-state index in [2.05, 4.69) is 5.32 Å². The average molecular weight is 277 g/mol. The summed E-state index contributed by atoms with van der Waals surface area (Å²) in [6, 6.07) is 14.2. The third kappa shape index (κ3) is 3.78. The lowest BCUT2D eigenvalue weighted by Gasteiger charge is -2.12. The van der Waals surface area contributed by atoms with Gasteiger partial charge < -0.3 is 10.1 Å². The lowest BCUT2D eigenvalue weighted by Crippen LogP contribution is -2.03. The van der Waals surface area contributed by atoms with Crippen LogP contribution in [0, 0.1) is 0 Å². The molecule has 0 aliphatic carbocycles. The van der Waals surface area contributed by atoms with Gasteiger partial charge in [0.2, 0.25) is 0 Å². The lowest BCUT2D eigenvalue weighted by molar-refractivity contribution is 0.151. The van der Waals surface area contributed by atoms with Gasteiger partial charge in [-0.25, -0.2) is 8.78 Å². The minimum absolute atomic E-state index is 0.0504. The molecule has 0 fully saturated rings. The van der Waals surface area contributed by atoms with Gasteiger partial charge in [-0.2, -0.15) is 0 Å². The Labute approximate surface area is 117 Å². The first kappa shape index (κ1) is 14.5. The molecule has 0 aliphatic heterocycles. The van der Waals surface area contributed by atoms with Gasteiger partial charge in [0.05, 0.1) is 6.61 Å². The SMILES string of the molecule is COCc1ccccc1NCc1cccc(C(F)F)c1. The summed E-state index contributed by atoms with van der Waals surface area (Å²) in [5, 5.41) is 3.26. The second-order valence-electron chi connectivity index (χ2n) is 4.49. The molecule has 0 saturated carbocycles. The Kier molecular flexibility index (Phi) is 5.07. The molecule has 106 valence electrons. The molecule has 2 rings (SSSR count). The van der Waals surface area contributed by atoms with Crippen LogP contribution >= 0.6 is 0 Å². The van der Waals surface area contributed by atoms with Gasteiger partial charge in [-0.15, -0.1) is 0 Å². The molecule has 0 aromatic heterocycles. The van der Waals surface area contributed by atoms with Crippen molar-refractivity contribution in [1.82, 2.24) is 0 Å². The number of ether oxygens (including phenoxy) is 1. The molecule has 0 heterocycles. The molecule has 2 aromatic carbocycles. The van der Waals surface area contributed by atoms with E-state index in [1.807, 2.05) is 30.3 Å². The molecule has 0 bridgehead atoms. The van der Waals surface area contributed by atoms with Crippen molar-refractivity contribution in [1.29, 1.82) is 0 Å². The Balaban J connectivity index is 2.07. The number of hydrogen-bond acceptors (Lipinski definition) is 2. The zero-order valence-electron chi connectivity index (χ0n) is 11.3. The number of alkyl halides is 2. The molecule has 0 radical (unpaired) electrons. The van der Waals surface area contributed by atoms with Crippen molar-refractivity contribution in [2.75, 3.05) is 12.4 Å². The number of halogens is 2. The number of anilines is 1. The fourth-order valence-electron chi connectivity index (χ4n) is 2.01. The zero-order chi connectivity index (χ0) is 14.4. The summed E-state index contributed by atoms with van der Waals surface area (Å²) >= 11 is 0. The summed E-state index contributed by atoms with van der Waals surface area (Å²) in [5.41, 5.74) is 2.88. The van der Waals surface area contributed by atoms with E-state index >= 15 is 0 Å². The molecule has 0 aliphatic rings. The number of rotatable bonds is 6. The molecule has 0 amide bonds. The van der Waals surface area contributed by atoms with Crippen molar-refractivity contribution >= 4 is 5.69 Å². The minimum atomic E-state index is -2.43. The molecular formula is C16H17F2NO. The van der Waals surface area contributed by atoms with Gasteiger partial charge in [0.1, 0.15) is 0 Å². The van der Waals surface area contributed by atoms with E-state index < -0.39 is 6.43 Å². The smallest absolute Gasteiger partial charge is 0.263 e. The van der Waals surface area contributed by atoms with Gasteiger partial charge in [-0.3, -0.25) is 0 Å². The Morgan fingerprint density at radius 2 is 1.90 bits per heavy atom. The summed E-state index contributed by atoms with van der Waals surface area (Å²) in [4.78, 5) is 0. The standard InChI is InChI=1S/C16H17F2NO/c1-20-11-14-6-2-3-8-15(14)19-10-12-5-4-7-13(9-12)16(17)18/h2-9,16,19H,10-11H2,1H3. The first-order valence-corrected chi connectivity index (χ1v) is 6.38. The zero-order valence-corrected chi connectivity index (χ0v) is 11.3. The molecule has 0 atom stereocenters. The number of nitrogens with one attached hydrogen (secondary N) is 1. The fourth-order valence-corrected chi connectivity index (χ4v) is 2.01. The van der Waals surface area contributed by atoms with Crippen molar-refractivity contribution < 1.29 is 13.5 Å². The van der Waals surface area contributed by atoms with E-state index in [1.54, 1.807) is 13.2 Å². The van der Waals surface area contributed by atoms with E-state index in [-0.39, 0.29) is 5.56 Å². The first-order chi connectivity index (χ1) is 9.70. The molecule has 4 heteroatoms. The summed E-state index contributed by atoms with van der Waals surface area (Å²) in [7, 11) is 1.64. The summed E-state index contributed by atoms with van der Waals surface area (Å²) in [5.74, 6) is 0. The molecule has 0 unspecified atom stereocenters. The Morgan fingerprint density at radius 1 is 1.10 bits per heavy atom. The first-order valence-electron chi connectivity index (χ1n) is 6.38. The number of methoxy groups -OCH3 is 1. The summed E-state index contributed by atoms with van der Waals surface area (Å²) in [6.45, 7) is 1.02. The topological polar surface area (TPSA) is 21.3 Å². The maximum atomic E-state index is 12.6. The number of para-hydroxylation sites is 1. The predicted octanol–water partition coefficient (Wildman–Crippen LogP) is 4.38. The van der Waals surface area contributed by atoms with Crippen LogP contribution in [-0.2, 0) is 17.9 Å². The molecule has 0 saturated heterocycles. The highest BCUT2D eigenvalue weighted by atomic mass is 19.3. The van der Waals surface area contributed by atoms with Gasteiger partial charge in [0.15, 0.2) is 0 Å². The fraction of sp³-hybridized carbons (Fsp3) is 0.250. The quantitative estimate of drug-likeness (QED) is 0.846. The van der Waals surface area contributed by atoms with Crippen molar-refractivity contribution in [3.05, 3.63) is 65.2 Å².